The van der Waals surface area contributed by atoms with Gasteiger partial charge in [-0.15, -0.1) is 11.3 Å². The number of nitrogens with zero attached hydrogens (tertiary/aromatic N) is 2. The molecule has 0 atom stereocenters. The van der Waals surface area contributed by atoms with Crippen LogP contribution in [0, 0.1) is 6.92 Å². The Hall–Kier alpha value is -1.23. The zero-order chi connectivity index (χ0) is 14.4. The lowest BCUT2D eigenvalue weighted by Gasteiger charge is -2.16. The molecular weight excluding hydrogens is 266 g/mol. The Morgan fingerprint density at radius 2 is 2.00 bits per heavy atom. The Kier molecular flexibility index (Phi) is 5.71. The van der Waals surface area contributed by atoms with E-state index in [1.165, 1.54) is 20.9 Å². The average molecular weight is 289 g/mol. The van der Waals surface area contributed by atoms with E-state index in [1.54, 1.807) is 0 Å². The van der Waals surface area contributed by atoms with Gasteiger partial charge in [-0.25, -0.2) is 0 Å². The van der Waals surface area contributed by atoms with E-state index in [9.17, 15) is 0 Å². The number of pyridine rings is 1. The van der Waals surface area contributed by atoms with Crippen molar-refractivity contribution in [1.82, 2.24) is 15.2 Å². The van der Waals surface area contributed by atoms with Crippen LogP contribution in [-0.4, -0.2) is 23.5 Å². The van der Waals surface area contributed by atoms with Crippen LogP contribution in [0.15, 0.2) is 30.6 Å². The molecule has 1 N–H and O–H groups in total. The van der Waals surface area contributed by atoms with Crippen LogP contribution in [0.4, 0.5) is 0 Å². The average Bonchev–Trinajstić information content (AvgIpc) is 2.78. The number of thiophene rings is 1. The number of hydrogen-bond acceptors (Lipinski definition) is 4. The van der Waals surface area contributed by atoms with Gasteiger partial charge < -0.3 is 5.32 Å². The van der Waals surface area contributed by atoms with Crippen molar-refractivity contribution < 1.29 is 0 Å². The van der Waals surface area contributed by atoms with E-state index in [2.05, 4.69) is 54.3 Å². The molecule has 2 aromatic heterocycles. The molecule has 2 rings (SSSR count). The van der Waals surface area contributed by atoms with E-state index in [0.29, 0.717) is 0 Å². The smallest absolute Gasteiger partial charge is 0.0299 e. The summed E-state index contributed by atoms with van der Waals surface area (Å²) in [4.78, 5) is 9.27. The Morgan fingerprint density at radius 3 is 2.70 bits per heavy atom. The maximum atomic E-state index is 4.06. The Balaban J connectivity index is 1.93. The van der Waals surface area contributed by atoms with Crippen LogP contribution < -0.4 is 5.32 Å². The highest BCUT2D eigenvalue weighted by Gasteiger charge is 2.08. The number of aromatic nitrogens is 1. The minimum atomic E-state index is 0.959. The van der Waals surface area contributed by atoms with Crippen LogP contribution in [-0.2, 0) is 19.6 Å². The molecule has 0 aliphatic heterocycles. The quantitative estimate of drug-likeness (QED) is 0.848. The van der Waals surface area contributed by atoms with Crippen molar-refractivity contribution in [2.24, 2.45) is 0 Å². The number of aryl methyl sites for hydroxylation is 1. The van der Waals surface area contributed by atoms with Gasteiger partial charge in [-0.05, 0) is 49.8 Å². The highest BCUT2D eigenvalue weighted by atomic mass is 32.1. The predicted molar refractivity (Wildman–Crippen MR) is 85.8 cm³/mol. The molecule has 0 aliphatic carbocycles. The zero-order valence-electron chi connectivity index (χ0n) is 12.5. The Morgan fingerprint density at radius 1 is 1.25 bits per heavy atom. The second-order valence-electron chi connectivity index (χ2n) is 5.10. The molecule has 0 bridgehead atoms. The fourth-order valence-electron chi connectivity index (χ4n) is 2.23. The van der Waals surface area contributed by atoms with Crippen LogP contribution in [0.1, 0.15) is 27.8 Å². The first-order valence-corrected chi connectivity index (χ1v) is 7.87. The van der Waals surface area contributed by atoms with E-state index in [-0.39, 0.29) is 0 Å². The summed E-state index contributed by atoms with van der Waals surface area (Å²) >= 11 is 1.90. The fraction of sp³-hybridized carbons (Fsp3) is 0.438. The fourth-order valence-corrected chi connectivity index (χ4v) is 3.25. The van der Waals surface area contributed by atoms with Gasteiger partial charge in [-0.3, -0.25) is 9.88 Å². The molecule has 20 heavy (non-hydrogen) atoms. The summed E-state index contributed by atoms with van der Waals surface area (Å²) in [5, 5.41) is 3.39. The molecule has 4 heteroatoms. The van der Waals surface area contributed by atoms with Gasteiger partial charge in [-0.2, -0.15) is 0 Å². The summed E-state index contributed by atoms with van der Waals surface area (Å²) < 4.78 is 0. The third-order valence-corrected chi connectivity index (χ3v) is 4.36. The molecule has 0 fully saturated rings. The molecule has 108 valence electrons. The van der Waals surface area contributed by atoms with Crippen molar-refractivity contribution in [1.29, 1.82) is 0 Å². The normalized spacial score (nSPS) is 11.2. The topological polar surface area (TPSA) is 28.2 Å². The molecule has 0 saturated heterocycles. The molecule has 0 amide bonds. The summed E-state index contributed by atoms with van der Waals surface area (Å²) in [6, 6.07) is 6.49. The van der Waals surface area contributed by atoms with Crippen molar-refractivity contribution >= 4 is 11.3 Å². The van der Waals surface area contributed by atoms with E-state index in [0.717, 1.165) is 26.2 Å². The van der Waals surface area contributed by atoms with Gasteiger partial charge in [0.15, 0.2) is 0 Å². The summed E-state index contributed by atoms with van der Waals surface area (Å²) in [5.41, 5.74) is 2.75. The van der Waals surface area contributed by atoms with E-state index >= 15 is 0 Å². The number of rotatable bonds is 7. The van der Waals surface area contributed by atoms with E-state index in [1.807, 2.05) is 23.7 Å². The molecule has 2 aromatic rings. The zero-order valence-corrected chi connectivity index (χ0v) is 13.3. The minimum Gasteiger partial charge on any atom is -0.312 e. The second kappa shape index (κ2) is 7.53. The molecule has 2 heterocycles. The number of nitrogens with one attached hydrogen (secondary N) is 1. The Labute approximate surface area is 125 Å². The number of hydrogen-bond donors (Lipinski definition) is 1. The van der Waals surface area contributed by atoms with Gasteiger partial charge in [0.1, 0.15) is 0 Å². The van der Waals surface area contributed by atoms with Gasteiger partial charge >= 0.3 is 0 Å². The third kappa shape index (κ3) is 4.40. The van der Waals surface area contributed by atoms with Gasteiger partial charge in [0.25, 0.3) is 0 Å². The maximum absolute atomic E-state index is 4.06. The first kappa shape index (κ1) is 15.2. The first-order valence-electron chi connectivity index (χ1n) is 7.05. The van der Waals surface area contributed by atoms with Gasteiger partial charge in [-0.1, -0.05) is 6.92 Å². The van der Waals surface area contributed by atoms with Crippen LogP contribution in [0.25, 0.3) is 0 Å². The molecule has 3 nitrogen and oxygen atoms in total. The minimum absolute atomic E-state index is 0.959. The molecular formula is C16H23N3S. The molecule has 0 aliphatic rings. The SMILES string of the molecule is CCNCc1cc(CN(C)Cc2ccncc2)c(C)s1. The van der Waals surface area contributed by atoms with Crippen molar-refractivity contribution in [2.75, 3.05) is 13.6 Å². The van der Waals surface area contributed by atoms with E-state index < -0.39 is 0 Å². The lowest BCUT2D eigenvalue weighted by Crippen LogP contribution is -2.17. The summed E-state index contributed by atoms with van der Waals surface area (Å²) in [5.74, 6) is 0. The molecule has 0 aromatic carbocycles. The van der Waals surface area contributed by atoms with Gasteiger partial charge in [0.05, 0.1) is 0 Å². The van der Waals surface area contributed by atoms with Crippen molar-refractivity contribution in [3.63, 3.8) is 0 Å². The van der Waals surface area contributed by atoms with Crippen molar-refractivity contribution in [3.05, 3.63) is 51.5 Å². The van der Waals surface area contributed by atoms with Crippen LogP contribution in [0.3, 0.4) is 0 Å². The maximum Gasteiger partial charge on any atom is 0.0299 e. The van der Waals surface area contributed by atoms with E-state index in [4.69, 9.17) is 0 Å². The third-order valence-electron chi connectivity index (χ3n) is 3.26. The van der Waals surface area contributed by atoms with Crippen LogP contribution in [0.5, 0.6) is 0 Å². The van der Waals surface area contributed by atoms with Gasteiger partial charge in [0.2, 0.25) is 0 Å². The largest absolute Gasteiger partial charge is 0.312 e. The molecule has 0 unspecified atom stereocenters. The highest BCUT2D eigenvalue weighted by Crippen LogP contribution is 2.23. The summed E-state index contributed by atoms with van der Waals surface area (Å²) in [7, 11) is 2.17. The monoisotopic (exact) mass is 289 g/mol. The highest BCUT2D eigenvalue weighted by molar-refractivity contribution is 7.12. The predicted octanol–water partition coefficient (Wildman–Crippen LogP) is 3.19. The first-order chi connectivity index (χ1) is 9.69. The van der Waals surface area contributed by atoms with Crippen molar-refractivity contribution in [3.8, 4) is 0 Å². The lowest BCUT2D eigenvalue weighted by molar-refractivity contribution is 0.319. The molecule has 0 saturated carbocycles. The lowest BCUT2D eigenvalue weighted by atomic mass is 10.2. The molecule has 0 spiro atoms. The summed E-state index contributed by atoms with van der Waals surface area (Å²) in [6.45, 7) is 8.32. The summed E-state index contributed by atoms with van der Waals surface area (Å²) in [6.07, 6.45) is 3.71. The van der Waals surface area contributed by atoms with Gasteiger partial charge in [0, 0.05) is 41.8 Å². The second-order valence-corrected chi connectivity index (χ2v) is 6.44. The Bertz CT molecular complexity index is 522. The van der Waals surface area contributed by atoms with Crippen molar-refractivity contribution in [2.45, 2.75) is 33.5 Å². The molecule has 0 radical (unpaired) electrons. The van der Waals surface area contributed by atoms with Crippen LogP contribution >= 0.6 is 11.3 Å². The van der Waals surface area contributed by atoms with Crippen LogP contribution in [0.2, 0.25) is 0 Å². The standard InChI is InChI=1S/C16H23N3S/c1-4-17-10-16-9-15(13(2)20-16)12-19(3)11-14-5-7-18-8-6-14/h5-9,17H,4,10-12H2,1-3H3.